The highest BCUT2D eigenvalue weighted by Crippen LogP contribution is 2.39. The molecule has 7 heteroatoms. The molecule has 0 aliphatic carbocycles. The Morgan fingerprint density at radius 2 is 1.75 bits per heavy atom. The highest BCUT2D eigenvalue weighted by atomic mass is 35.5. The number of aliphatic hydroxyl groups excluding tert-OH is 1. The molecular weight excluding hydrogens is 380 g/mol. The van der Waals surface area contributed by atoms with E-state index in [1.54, 1.807) is 54.6 Å². The van der Waals surface area contributed by atoms with Crippen molar-refractivity contribution in [1.29, 1.82) is 0 Å². The molecule has 3 rings (SSSR count). The molecule has 0 spiro atoms. The van der Waals surface area contributed by atoms with E-state index >= 15 is 0 Å². The van der Waals surface area contributed by atoms with Gasteiger partial charge in [-0.15, -0.1) is 0 Å². The van der Waals surface area contributed by atoms with Gasteiger partial charge in [-0.3, -0.25) is 14.4 Å². The lowest BCUT2D eigenvalue weighted by Crippen LogP contribution is -2.37. The second kappa shape index (κ2) is 8.27. The SMILES string of the molecule is CC(=O)NCCN1C(=O)C(=O)C(=C(O)c2ccccc2)[C@@H]1c1ccc(Cl)cc1. The molecule has 1 aliphatic heterocycles. The van der Waals surface area contributed by atoms with E-state index in [-0.39, 0.29) is 30.3 Å². The number of halogens is 1. The predicted octanol–water partition coefficient (Wildman–Crippen LogP) is 2.90. The van der Waals surface area contributed by atoms with Crippen LogP contribution in [0.15, 0.2) is 60.2 Å². The molecule has 28 heavy (non-hydrogen) atoms. The summed E-state index contributed by atoms with van der Waals surface area (Å²) in [7, 11) is 0. The lowest BCUT2D eigenvalue weighted by molar-refractivity contribution is -0.139. The number of benzene rings is 2. The summed E-state index contributed by atoms with van der Waals surface area (Å²) < 4.78 is 0. The Kier molecular flexibility index (Phi) is 5.80. The molecule has 1 heterocycles. The van der Waals surface area contributed by atoms with E-state index < -0.39 is 17.7 Å². The first-order chi connectivity index (χ1) is 13.4. The second-order valence-corrected chi connectivity index (χ2v) is 6.83. The van der Waals surface area contributed by atoms with Gasteiger partial charge >= 0.3 is 0 Å². The third-order valence-corrected chi connectivity index (χ3v) is 4.75. The van der Waals surface area contributed by atoms with E-state index in [1.807, 2.05) is 0 Å². The van der Waals surface area contributed by atoms with Crippen LogP contribution in [0, 0.1) is 0 Å². The van der Waals surface area contributed by atoms with Crippen molar-refractivity contribution in [3.8, 4) is 0 Å². The maximum Gasteiger partial charge on any atom is 0.295 e. The molecule has 1 saturated heterocycles. The minimum absolute atomic E-state index is 0.0151. The molecule has 144 valence electrons. The summed E-state index contributed by atoms with van der Waals surface area (Å²) in [6.07, 6.45) is 0. The fourth-order valence-corrected chi connectivity index (χ4v) is 3.33. The number of likely N-dealkylation sites (tertiary alicyclic amines) is 1. The van der Waals surface area contributed by atoms with Crippen molar-refractivity contribution >= 4 is 35.0 Å². The molecule has 2 amide bonds. The summed E-state index contributed by atoms with van der Waals surface area (Å²) in [5.74, 6) is -1.95. The molecule has 0 bridgehead atoms. The zero-order valence-electron chi connectivity index (χ0n) is 15.2. The van der Waals surface area contributed by atoms with E-state index in [9.17, 15) is 19.5 Å². The highest BCUT2D eigenvalue weighted by Gasteiger charge is 2.45. The van der Waals surface area contributed by atoms with E-state index in [2.05, 4.69) is 5.32 Å². The van der Waals surface area contributed by atoms with Gasteiger partial charge in [0.2, 0.25) is 5.91 Å². The first-order valence-corrected chi connectivity index (χ1v) is 9.11. The number of carbonyl (C=O) groups is 3. The minimum Gasteiger partial charge on any atom is -0.507 e. The van der Waals surface area contributed by atoms with Crippen molar-refractivity contribution < 1.29 is 19.5 Å². The van der Waals surface area contributed by atoms with Gasteiger partial charge in [-0.1, -0.05) is 54.1 Å². The smallest absolute Gasteiger partial charge is 0.295 e. The van der Waals surface area contributed by atoms with Crippen LogP contribution in [-0.2, 0) is 14.4 Å². The highest BCUT2D eigenvalue weighted by molar-refractivity contribution is 6.46. The maximum absolute atomic E-state index is 12.8. The van der Waals surface area contributed by atoms with E-state index in [1.165, 1.54) is 11.8 Å². The van der Waals surface area contributed by atoms with Crippen LogP contribution in [0.4, 0.5) is 0 Å². The average molecular weight is 399 g/mol. The Labute approximate surface area is 167 Å². The fourth-order valence-electron chi connectivity index (χ4n) is 3.21. The number of hydrogen-bond acceptors (Lipinski definition) is 4. The van der Waals surface area contributed by atoms with Crippen molar-refractivity contribution in [2.24, 2.45) is 0 Å². The molecule has 0 radical (unpaired) electrons. The van der Waals surface area contributed by atoms with Crippen molar-refractivity contribution in [2.75, 3.05) is 13.1 Å². The Morgan fingerprint density at radius 3 is 2.36 bits per heavy atom. The van der Waals surface area contributed by atoms with Gasteiger partial charge < -0.3 is 15.3 Å². The first kappa shape index (κ1) is 19.6. The monoisotopic (exact) mass is 398 g/mol. The summed E-state index contributed by atoms with van der Waals surface area (Å²) in [4.78, 5) is 37.9. The van der Waals surface area contributed by atoms with Gasteiger partial charge in [0.05, 0.1) is 11.6 Å². The van der Waals surface area contributed by atoms with Gasteiger partial charge in [-0.25, -0.2) is 0 Å². The van der Waals surface area contributed by atoms with Gasteiger partial charge in [0.1, 0.15) is 5.76 Å². The van der Waals surface area contributed by atoms with Crippen LogP contribution in [0.1, 0.15) is 24.1 Å². The number of carbonyl (C=O) groups excluding carboxylic acids is 3. The third kappa shape index (κ3) is 3.92. The van der Waals surface area contributed by atoms with Gasteiger partial charge in [-0.2, -0.15) is 0 Å². The first-order valence-electron chi connectivity index (χ1n) is 8.74. The third-order valence-electron chi connectivity index (χ3n) is 4.50. The van der Waals surface area contributed by atoms with E-state index in [0.717, 1.165) is 0 Å². The number of nitrogens with zero attached hydrogens (tertiary/aromatic N) is 1. The molecule has 6 nitrogen and oxygen atoms in total. The Bertz CT molecular complexity index is 939. The molecule has 1 fully saturated rings. The van der Waals surface area contributed by atoms with E-state index in [4.69, 9.17) is 11.6 Å². The lowest BCUT2D eigenvalue weighted by atomic mass is 9.95. The van der Waals surface area contributed by atoms with Crippen LogP contribution in [-0.4, -0.2) is 40.7 Å². The number of ketones is 1. The van der Waals surface area contributed by atoms with Gasteiger partial charge in [0, 0.05) is 30.6 Å². The van der Waals surface area contributed by atoms with Crippen LogP contribution in [0.2, 0.25) is 5.02 Å². The molecular formula is C21H19ClN2O4. The number of aliphatic hydroxyl groups is 1. The molecule has 1 atom stereocenters. The lowest BCUT2D eigenvalue weighted by Gasteiger charge is -2.25. The minimum atomic E-state index is -0.772. The second-order valence-electron chi connectivity index (χ2n) is 6.39. The van der Waals surface area contributed by atoms with Crippen LogP contribution < -0.4 is 5.32 Å². The molecule has 1 aliphatic rings. The van der Waals surface area contributed by atoms with Crippen molar-refractivity contribution in [1.82, 2.24) is 10.2 Å². The Morgan fingerprint density at radius 1 is 1.11 bits per heavy atom. The zero-order valence-corrected chi connectivity index (χ0v) is 15.9. The summed E-state index contributed by atoms with van der Waals surface area (Å²) in [5, 5.41) is 13.9. The van der Waals surface area contributed by atoms with E-state index in [0.29, 0.717) is 16.1 Å². The number of hydrogen-bond donors (Lipinski definition) is 2. The van der Waals surface area contributed by atoms with Crippen molar-refractivity contribution in [2.45, 2.75) is 13.0 Å². The van der Waals surface area contributed by atoms with Crippen LogP contribution in [0.5, 0.6) is 0 Å². The molecule has 0 unspecified atom stereocenters. The zero-order chi connectivity index (χ0) is 20.3. The number of rotatable bonds is 5. The molecule has 2 N–H and O–H groups in total. The topological polar surface area (TPSA) is 86.7 Å². The fraction of sp³-hybridized carbons (Fsp3) is 0.190. The number of Topliss-reactive ketones (excluding diaryl/α,β-unsaturated/α-hetero) is 1. The standard InChI is InChI=1S/C21H19ClN2O4/c1-13(25)23-11-12-24-18(14-7-9-16(22)10-8-14)17(20(27)21(24)28)19(26)15-5-3-2-4-6-15/h2-10,18,26H,11-12H2,1H3,(H,23,25)/t18-/m0/s1. The summed E-state index contributed by atoms with van der Waals surface area (Å²) in [5.41, 5.74) is 1.10. The van der Waals surface area contributed by atoms with Crippen molar-refractivity contribution in [3.05, 3.63) is 76.3 Å². The van der Waals surface area contributed by atoms with Crippen LogP contribution in [0.3, 0.4) is 0 Å². The van der Waals surface area contributed by atoms with Crippen molar-refractivity contribution in [3.63, 3.8) is 0 Å². The van der Waals surface area contributed by atoms with Gasteiger partial charge in [0.15, 0.2) is 0 Å². The van der Waals surface area contributed by atoms with Gasteiger partial charge in [-0.05, 0) is 17.7 Å². The molecule has 0 saturated carbocycles. The molecule has 2 aromatic rings. The molecule has 0 aromatic heterocycles. The van der Waals surface area contributed by atoms with Crippen LogP contribution >= 0.6 is 11.6 Å². The largest absolute Gasteiger partial charge is 0.507 e. The predicted molar refractivity (Wildman–Crippen MR) is 106 cm³/mol. The van der Waals surface area contributed by atoms with Gasteiger partial charge in [0.25, 0.3) is 11.7 Å². The summed E-state index contributed by atoms with van der Waals surface area (Å²) >= 11 is 5.97. The number of amides is 2. The normalized spacial score (nSPS) is 18.4. The summed E-state index contributed by atoms with van der Waals surface area (Å²) in [6.45, 7) is 1.70. The average Bonchev–Trinajstić information content (AvgIpc) is 2.93. The maximum atomic E-state index is 12.8. The quantitative estimate of drug-likeness (QED) is 0.460. The van der Waals surface area contributed by atoms with Crippen LogP contribution in [0.25, 0.3) is 5.76 Å². The Balaban J connectivity index is 2.08. The molecule has 2 aromatic carbocycles. The number of nitrogens with one attached hydrogen (secondary N) is 1. The Hall–Kier alpha value is -3.12. The summed E-state index contributed by atoms with van der Waals surface area (Å²) in [6, 6.07) is 14.6.